The standard InChI is InChI=1S/C50H29N5O/c51-30-32-22-34(36-24-33(31-52)25-39(27-36)54-45-18-8-10-20-48(45)56-49-21-11-9-19-46(49)54)26-35(23-32)37-28-41-40-14-4-5-15-42(40)55-44-17-7-6-16-43(44)53(47(29-37)50(41)55)38-12-2-1-3-13-38/h1-29H. The van der Waals surface area contributed by atoms with Crippen molar-refractivity contribution in [2.75, 3.05) is 9.80 Å². The van der Waals surface area contributed by atoms with Crippen LogP contribution < -0.4 is 14.5 Å². The van der Waals surface area contributed by atoms with Crippen LogP contribution in [0.25, 0.3) is 49.7 Å². The monoisotopic (exact) mass is 715 g/mol. The summed E-state index contributed by atoms with van der Waals surface area (Å²) in [7, 11) is 0. The van der Waals surface area contributed by atoms with Crippen molar-refractivity contribution in [3.63, 3.8) is 0 Å². The summed E-state index contributed by atoms with van der Waals surface area (Å²) in [6.45, 7) is 0. The molecule has 0 saturated heterocycles. The summed E-state index contributed by atoms with van der Waals surface area (Å²) in [6.07, 6.45) is 0. The first-order valence-electron chi connectivity index (χ1n) is 18.5. The summed E-state index contributed by atoms with van der Waals surface area (Å²) in [5, 5.41) is 23.1. The Bertz CT molecular complexity index is 3120. The molecule has 0 aliphatic carbocycles. The molecule has 2 aliphatic rings. The predicted octanol–water partition coefficient (Wildman–Crippen LogP) is 13.2. The Morgan fingerprint density at radius 2 is 0.929 bits per heavy atom. The van der Waals surface area contributed by atoms with Gasteiger partial charge in [-0.15, -0.1) is 0 Å². The molecule has 11 rings (SSSR count). The van der Waals surface area contributed by atoms with Gasteiger partial charge in [-0.3, -0.25) is 0 Å². The highest BCUT2D eigenvalue weighted by molar-refractivity contribution is 6.18. The number of para-hydroxylation sites is 8. The highest BCUT2D eigenvalue weighted by Crippen LogP contribution is 2.53. The van der Waals surface area contributed by atoms with Gasteiger partial charge in [0.1, 0.15) is 0 Å². The Hall–Kier alpha value is -8.06. The van der Waals surface area contributed by atoms with Crippen molar-refractivity contribution < 1.29 is 4.74 Å². The molecule has 9 aromatic rings. The maximum absolute atomic E-state index is 10.4. The summed E-state index contributed by atoms with van der Waals surface area (Å²) >= 11 is 0. The molecule has 0 unspecified atom stereocenters. The van der Waals surface area contributed by atoms with Crippen LogP contribution in [0.5, 0.6) is 11.5 Å². The lowest BCUT2D eigenvalue weighted by molar-refractivity contribution is 0.477. The van der Waals surface area contributed by atoms with Gasteiger partial charge in [-0.25, -0.2) is 0 Å². The zero-order valence-electron chi connectivity index (χ0n) is 29.9. The third kappa shape index (κ3) is 4.74. The third-order valence-corrected chi connectivity index (χ3v) is 10.8. The fourth-order valence-electron chi connectivity index (χ4n) is 8.47. The molecule has 0 bridgehead atoms. The van der Waals surface area contributed by atoms with Crippen LogP contribution in [-0.4, -0.2) is 4.57 Å². The van der Waals surface area contributed by atoms with Gasteiger partial charge >= 0.3 is 0 Å². The van der Waals surface area contributed by atoms with Gasteiger partial charge in [-0.2, -0.15) is 10.5 Å². The first-order chi connectivity index (χ1) is 27.7. The number of ether oxygens (including phenoxy) is 1. The average Bonchev–Trinajstić information content (AvgIpc) is 3.60. The summed E-state index contributed by atoms with van der Waals surface area (Å²) in [6, 6.07) is 64.7. The molecule has 0 N–H and O–H groups in total. The van der Waals surface area contributed by atoms with Crippen molar-refractivity contribution in [3.8, 4) is 51.6 Å². The first-order valence-corrected chi connectivity index (χ1v) is 18.5. The van der Waals surface area contributed by atoms with Gasteiger partial charge in [0.15, 0.2) is 11.5 Å². The van der Waals surface area contributed by atoms with E-state index in [0.29, 0.717) is 11.1 Å². The molecule has 0 radical (unpaired) electrons. The normalized spacial score (nSPS) is 12.3. The Morgan fingerprint density at radius 3 is 1.62 bits per heavy atom. The van der Waals surface area contributed by atoms with Crippen LogP contribution in [-0.2, 0) is 0 Å². The van der Waals surface area contributed by atoms with Crippen LogP contribution in [0.4, 0.5) is 34.1 Å². The van der Waals surface area contributed by atoms with E-state index in [-0.39, 0.29) is 0 Å². The maximum Gasteiger partial charge on any atom is 0.151 e. The van der Waals surface area contributed by atoms with Crippen LogP contribution in [0, 0.1) is 22.7 Å². The topological polar surface area (TPSA) is 68.2 Å². The van der Waals surface area contributed by atoms with E-state index in [0.717, 1.165) is 95.4 Å². The zero-order valence-corrected chi connectivity index (χ0v) is 29.9. The van der Waals surface area contributed by atoms with Crippen molar-refractivity contribution in [2.24, 2.45) is 0 Å². The molecule has 3 heterocycles. The fourth-order valence-corrected chi connectivity index (χ4v) is 8.47. The highest BCUT2D eigenvalue weighted by Gasteiger charge is 2.30. The number of nitriles is 2. The van der Waals surface area contributed by atoms with E-state index < -0.39 is 0 Å². The molecule has 0 amide bonds. The summed E-state index contributed by atoms with van der Waals surface area (Å²) in [5.41, 5.74) is 13.8. The van der Waals surface area contributed by atoms with Gasteiger partial charge in [0.25, 0.3) is 0 Å². The molecule has 2 aliphatic heterocycles. The number of benzene rings is 8. The number of fused-ring (bicyclic) bond motifs is 7. The van der Waals surface area contributed by atoms with Crippen molar-refractivity contribution in [2.45, 2.75) is 0 Å². The van der Waals surface area contributed by atoms with Crippen molar-refractivity contribution in [3.05, 3.63) is 187 Å². The lowest BCUT2D eigenvalue weighted by Crippen LogP contribution is -2.18. The molecule has 0 fully saturated rings. The van der Waals surface area contributed by atoms with Gasteiger partial charge in [-0.05, 0) is 125 Å². The molecule has 1 aromatic heterocycles. The minimum Gasteiger partial charge on any atom is -0.453 e. The van der Waals surface area contributed by atoms with Gasteiger partial charge in [-0.1, -0.05) is 72.8 Å². The average molecular weight is 716 g/mol. The molecule has 0 saturated carbocycles. The largest absolute Gasteiger partial charge is 0.453 e. The molecule has 0 atom stereocenters. The Morgan fingerprint density at radius 1 is 0.393 bits per heavy atom. The second-order valence-electron chi connectivity index (χ2n) is 14.1. The minimum atomic E-state index is 0.513. The van der Waals surface area contributed by atoms with Crippen LogP contribution >= 0.6 is 0 Å². The first kappa shape index (κ1) is 31.5. The number of aromatic nitrogens is 1. The second-order valence-corrected chi connectivity index (χ2v) is 14.1. The number of hydrogen-bond donors (Lipinski definition) is 0. The van der Waals surface area contributed by atoms with E-state index in [4.69, 9.17) is 4.74 Å². The molecule has 6 heteroatoms. The zero-order chi connectivity index (χ0) is 37.3. The molecular weight excluding hydrogens is 687 g/mol. The predicted molar refractivity (Wildman–Crippen MR) is 224 cm³/mol. The van der Waals surface area contributed by atoms with E-state index in [1.165, 1.54) is 0 Å². The number of rotatable bonds is 4. The SMILES string of the molecule is N#Cc1cc(-c2cc(C#N)cc(N3c4ccccc4Oc4ccccc43)c2)cc(-c2cc3c4c(c2)c2ccccc2n4-c2ccccc2N3c2ccccc2)c1. The van der Waals surface area contributed by atoms with E-state index in [1.807, 2.05) is 78.9 Å². The van der Waals surface area contributed by atoms with Crippen molar-refractivity contribution in [1.29, 1.82) is 10.5 Å². The highest BCUT2D eigenvalue weighted by atomic mass is 16.5. The smallest absolute Gasteiger partial charge is 0.151 e. The van der Waals surface area contributed by atoms with Crippen LogP contribution in [0.3, 0.4) is 0 Å². The van der Waals surface area contributed by atoms with E-state index in [2.05, 4.69) is 124 Å². The summed E-state index contributed by atoms with van der Waals surface area (Å²) in [5.74, 6) is 1.47. The van der Waals surface area contributed by atoms with Crippen LogP contribution in [0.15, 0.2) is 176 Å². The third-order valence-electron chi connectivity index (χ3n) is 10.8. The number of hydrogen-bond acceptors (Lipinski definition) is 5. The van der Waals surface area contributed by atoms with Gasteiger partial charge < -0.3 is 19.1 Å². The fraction of sp³-hybridized carbons (Fsp3) is 0. The van der Waals surface area contributed by atoms with Gasteiger partial charge in [0.2, 0.25) is 0 Å². The Labute approximate surface area is 323 Å². The number of nitrogens with zero attached hydrogens (tertiary/aromatic N) is 5. The minimum absolute atomic E-state index is 0.513. The van der Waals surface area contributed by atoms with Crippen LogP contribution in [0.1, 0.15) is 11.1 Å². The maximum atomic E-state index is 10.4. The Balaban J connectivity index is 1.13. The molecule has 8 aromatic carbocycles. The summed E-state index contributed by atoms with van der Waals surface area (Å²) in [4.78, 5) is 4.48. The van der Waals surface area contributed by atoms with Crippen molar-refractivity contribution in [1.82, 2.24) is 4.57 Å². The molecular formula is C50H29N5O. The van der Waals surface area contributed by atoms with E-state index >= 15 is 0 Å². The van der Waals surface area contributed by atoms with Crippen molar-refractivity contribution >= 4 is 55.9 Å². The van der Waals surface area contributed by atoms with E-state index in [1.54, 1.807) is 0 Å². The summed E-state index contributed by atoms with van der Waals surface area (Å²) < 4.78 is 8.67. The second kappa shape index (κ2) is 12.2. The van der Waals surface area contributed by atoms with Crippen LogP contribution in [0.2, 0.25) is 0 Å². The molecule has 6 nitrogen and oxygen atoms in total. The van der Waals surface area contributed by atoms with Gasteiger partial charge in [0.05, 0.1) is 62.7 Å². The number of anilines is 6. The molecule has 56 heavy (non-hydrogen) atoms. The lowest BCUT2D eigenvalue weighted by Gasteiger charge is -2.33. The quantitative estimate of drug-likeness (QED) is 0.181. The van der Waals surface area contributed by atoms with Gasteiger partial charge in [0, 0.05) is 22.1 Å². The Kier molecular flexibility index (Phi) is 6.88. The van der Waals surface area contributed by atoms with E-state index in [9.17, 15) is 10.5 Å². The molecule has 260 valence electrons. The lowest BCUT2D eigenvalue weighted by atomic mass is 9.93. The molecule has 0 spiro atoms.